The van der Waals surface area contributed by atoms with Crippen LogP contribution in [-0.2, 0) is 27.9 Å². The molecule has 0 aromatic heterocycles. The van der Waals surface area contributed by atoms with Gasteiger partial charge in [0.2, 0.25) is 5.91 Å². The van der Waals surface area contributed by atoms with Crippen molar-refractivity contribution < 1.29 is 37.3 Å². The molecule has 0 saturated heterocycles. The largest absolute Gasteiger partial charge is 0.756 e. The molecule has 0 radical (unpaired) electrons. The number of carbonyl (C=O) groups is 2. The van der Waals surface area contributed by atoms with Crippen LogP contribution in [0.2, 0.25) is 0 Å². The highest BCUT2D eigenvalue weighted by Crippen LogP contribution is 2.38. The lowest BCUT2D eigenvalue weighted by Gasteiger charge is -2.30. The number of nitrogens with one attached hydrogen (secondary N) is 1. The van der Waals surface area contributed by atoms with Gasteiger partial charge in [-0.25, -0.2) is 0 Å². The van der Waals surface area contributed by atoms with Gasteiger partial charge in [0.25, 0.3) is 7.82 Å². The van der Waals surface area contributed by atoms with Crippen molar-refractivity contribution in [3.8, 4) is 0 Å². The van der Waals surface area contributed by atoms with Gasteiger partial charge in [0.15, 0.2) is 0 Å². The number of carbonyl (C=O) groups excluding carboxylic acids is 2. The quantitative estimate of drug-likeness (QED) is 0.0212. The molecule has 0 saturated carbocycles. The number of likely N-dealkylation sites (N-methyl/N-ethyl adjacent to an activating group) is 1. The van der Waals surface area contributed by atoms with Gasteiger partial charge >= 0.3 is 5.97 Å². The molecule has 3 unspecified atom stereocenters. The monoisotopic (exact) mass is 1130 g/mol. The Labute approximate surface area is 490 Å². The first-order valence-corrected chi connectivity index (χ1v) is 35.1. The maximum absolute atomic E-state index is 13.6. The van der Waals surface area contributed by atoms with Crippen molar-refractivity contribution in [3.05, 3.63) is 60.8 Å². The first-order valence-electron chi connectivity index (χ1n) is 33.6. The molecule has 0 rings (SSSR count). The molecule has 79 heavy (non-hydrogen) atoms. The molecule has 0 spiro atoms. The normalized spacial score (nSPS) is 14.0. The molecule has 10 heteroatoms. The lowest BCUT2D eigenvalue weighted by molar-refractivity contribution is -0.870. The van der Waals surface area contributed by atoms with Crippen molar-refractivity contribution in [1.82, 2.24) is 5.32 Å². The first kappa shape index (κ1) is 76.7. The molecule has 1 amide bonds. The topological polar surface area (TPSA) is 114 Å². The molecule has 0 aliphatic rings. The van der Waals surface area contributed by atoms with E-state index in [0.29, 0.717) is 17.4 Å². The predicted molar refractivity (Wildman–Crippen MR) is 339 cm³/mol. The van der Waals surface area contributed by atoms with Gasteiger partial charge in [0, 0.05) is 12.8 Å². The van der Waals surface area contributed by atoms with Crippen molar-refractivity contribution in [2.45, 2.75) is 328 Å². The molecule has 0 aromatic carbocycles. The molecular formula is C69H129N2O7P. The third kappa shape index (κ3) is 60.1. The number of hydrogen-bond acceptors (Lipinski definition) is 7. The second-order valence-electron chi connectivity index (χ2n) is 24.0. The Hall–Kier alpha value is -2.29. The lowest BCUT2D eigenvalue weighted by Crippen LogP contribution is -2.47. The van der Waals surface area contributed by atoms with Crippen molar-refractivity contribution in [2.75, 3.05) is 40.9 Å². The van der Waals surface area contributed by atoms with Crippen LogP contribution in [0.1, 0.15) is 316 Å². The Balaban J connectivity index is 5.12. The summed E-state index contributed by atoms with van der Waals surface area (Å²) in [6, 6.07) is -0.892. The van der Waals surface area contributed by atoms with Crippen molar-refractivity contribution >= 4 is 19.7 Å². The molecule has 0 heterocycles. The van der Waals surface area contributed by atoms with E-state index >= 15 is 0 Å². The van der Waals surface area contributed by atoms with Gasteiger partial charge in [-0.1, -0.05) is 268 Å². The molecule has 0 bridgehead atoms. The molecule has 462 valence electrons. The van der Waals surface area contributed by atoms with Crippen LogP contribution >= 0.6 is 7.82 Å². The van der Waals surface area contributed by atoms with Crippen molar-refractivity contribution in [3.63, 3.8) is 0 Å². The maximum Gasteiger partial charge on any atom is 0.306 e. The summed E-state index contributed by atoms with van der Waals surface area (Å²) in [4.78, 5) is 40.1. The second-order valence-corrected chi connectivity index (χ2v) is 25.4. The maximum atomic E-state index is 13.6. The highest BCUT2D eigenvalue weighted by Gasteiger charge is 2.27. The summed E-state index contributed by atoms with van der Waals surface area (Å²) in [7, 11) is 1.19. The van der Waals surface area contributed by atoms with Gasteiger partial charge in [-0.3, -0.25) is 14.2 Å². The Morgan fingerprint density at radius 2 is 0.772 bits per heavy atom. The van der Waals surface area contributed by atoms with E-state index in [4.69, 9.17) is 13.8 Å². The summed E-state index contributed by atoms with van der Waals surface area (Å²) >= 11 is 0. The van der Waals surface area contributed by atoms with Crippen LogP contribution in [0.4, 0.5) is 0 Å². The van der Waals surface area contributed by atoms with Gasteiger partial charge in [0.1, 0.15) is 19.3 Å². The van der Waals surface area contributed by atoms with Crippen LogP contribution in [0.25, 0.3) is 0 Å². The van der Waals surface area contributed by atoms with Gasteiger partial charge < -0.3 is 28.5 Å². The Kier molecular flexibility index (Phi) is 57.2. The van der Waals surface area contributed by atoms with Crippen LogP contribution in [-0.4, -0.2) is 69.4 Å². The summed E-state index contributed by atoms with van der Waals surface area (Å²) in [6.07, 6.45) is 74.7. The predicted octanol–water partition coefficient (Wildman–Crippen LogP) is 20.4. The highest BCUT2D eigenvalue weighted by molar-refractivity contribution is 7.45. The number of esters is 1. The average Bonchev–Trinajstić information content (AvgIpc) is 3.41. The SMILES string of the molecule is CCCCC/C=C\C/C=C\C/C=C\CCCCCCCCCCCCCCC(=O)NC(COP(=O)([O-])OCC[N+](C)(C)C)C(/C=C\CCCCCCCCCCCCC)OC(=O)CCCCCCCCC/C=C\CCCCCC. The minimum Gasteiger partial charge on any atom is -0.756 e. The fraction of sp³-hybridized carbons (Fsp3) is 0.826. The van der Waals surface area contributed by atoms with Gasteiger partial charge in [-0.15, -0.1) is 0 Å². The standard InChI is InChI=1S/C69H129N2O7P/c1-7-10-13-16-19-22-25-28-30-31-32-33-34-35-36-37-38-39-41-43-46-49-52-55-58-61-68(72)70-66(65-77-79(74,75)76-64-63-71(4,5)6)67(60-57-54-51-48-45-42-27-24-21-18-15-12-9-3)78-69(73)62-59-56-53-50-47-44-40-29-26-23-20-17-14-11-8-2/h19,22-23,26,28,30,32-33,57,60,66-67H,7-18,20-21,24-25,27,29,31,34-56,58-59,61-65H2,1-6H3,(H-,70,72,74,75)/b22-19-,26-23-,30-28-,33-32-,60-57-. The van der Waals surface area contributed by atoms with E-state index in [2.05, 4.69) is 74.7 Å². The summed E-state index contributed by atoms with van der Waals surface area (Å²) in [6.45, 7) is 6.83. The average molecular weight is 1130 g/mol. The highest BCUT2D eigenvalue weighted by atomic mass is 31.2. The number of rotatable bonds is 61. The molecule has 0 aliphatic carbocycles. The molecule has 0 aromatic rings. The van der Waals surface area contributed by atoms with Gasteiger partial charge in [-0.05, 0) is 96.0 Å². The van der Waals surface area contributed by atoms with E-state index in [1.807, 2.05) is 33.3 Å². The molecular weight excluding hydrogens is 1000 g/mol. The van der Waals surface area contributed by atoms with Crippen molar-refractivity contribution in [2.24, 2.45) is 0 Å². The number of allylic oxidation sites excluding steroid dienone is 9. The first-order chi connectivity index (χ1) is 38.4. The third-order valence-electron chi connectivity index (χ3n) is 14.9. The smallest absolute Gasteiger partial charge is 0.306 e. The van der Waals surface area contributed by atoms with E-state index in [1.54, 1.807) is 0 Å². The number of quaternary nitrogens is 1. The van der Waals surface area contributed by atoms with Crippen LogP contribution in [0.5, 0.6) is 0 Å². The van der Waals surface area contributed by atoms with Gasteiger partial charge in [0.05, 0.1) is 33.8 Å². The van der Waals surface area contributed by atoms with E-state index in [9.17, 15) is 19.0 Å². The summed E-state index contributed by atoms with van der Waals surface area (Å²) in [5.41, 5.74) is 0. The van der Waals surface area contributed by atoms with E-state index in [1.165, 1.54) is 199 Å². The number of hydrogen-bond donors (Lipinski definition) is 1. The zero-order valence-corrected chi connectivity index (χ0v) is 53.7. The second kappa shape index (κ2) is 58.9. The number of amides is 1. The van der Waals surface area contributed by atoms with E-state index in [-0.39, 0.29) is 31.5 Å². The summed E-state index contributed by atoms with van der Waals surface area (Å²) in [5, 5.41) is 3.04. The molecule has 3 atom stereocenters. The van der Waals surface area contributed by atoms with Crippen LogP contribution in [0.15, 0.2) is 60.8 Å². The number of nitrogens with zero attached hydrogens (tertiary/aromatic N) is 1. The van der Waals surface area contributed by atoms with Crippen LogP contribution in [0.3, 0.4) is 0 Å². The third-order valence-corrected chi connectivity index (χ3v) is 15.9. The number of unbranched alkanes of at least 4 members (excludes halogenated alkanes) is 37. The van der Waals surface area contributed by atoms with Gasteiger partial charge in [-0.2, -0.15) is 0 Å². The van der Waals surface area contributed by atoms with E-state index < -0.39 is 20.0 Å². The number of phosphoric acid groups is 1. The molecule has 0 fully saturated rings. The van der Waals surface area contributed by atoms with Crippen molar-refractivity contribution in [1.29, 1.82) is 0 Å². The summed E-state index contributed by atoms with van der Waals surface area (Å²) < 4.78 is 30.4. The Bertz CT molecular complexity index is 1540. The lowest BCUT2D eigenvalue weighted by atomic mass is 10.0. The molecule has 9 nitrogen and oxygen atoms in total. The van der Waals surface area contributed by atoms with Crippen LogP contribution < -0.4 is 10.2 Å². The number of ether oxygens (including phenoxy) is 1. The molecule has 1 N–H and O–H groups in total. The zero-order chi connectivity index (χ0) is 57.9. The van der Waals surface area contributed by atoms with Crippen LogP contribution in [0, 0.1) is 0 Å². The Morgan fingerprint density at radius 1 is 0.443 bits per heavy atom. The Morgan fingerprint density at radius 3 is 1.20 bits per heavy atom. The molecule has 0 aliphatic heterocycles. The minimum atomic E-state index is -4.70. The van der Waals surface area contributed by atoms with E-state index in [0.717, 1.165) is 83.5 Å². The minimum absolute atomic E-state index is 0.0235. The zero-order valence-electron chi connectivity index (χ0n) is 52.8. The number of phosphoric ester groups is 1. The summed E-state index contributed by atoms with van der Waals surface area (Å²) in [5.74, 6) is -0.539. The fourth-order valence-corrected chi connectivity index (χ4v) is 10.4. The fourth-order valence-electron chi connectivity index (χ4n) is 9.70.